The van der Waals surface area contributed by atoms with Crippen LogP contribution in [-0.2, 0) is 4.74 Å². The lowest BCUT2D eigenvalue weighted by Gasteiger charge is -2.09. The summed E-state index contributed by atoms with van der Waals surface area (Å²) >= 11 is 5.84. The van der Waals surface area contributed by atoms with Gasteiger partial charge < -0.3 is 15.2 Å². The molecule has 0 fully saturated rings. The zero-order valence-corrected chi connectivity index (χ0v) is 10.3. The van der Waals surface area contributed by atoms with Crippen LogP contribution in [0.25, 0.3) is 0 Å². The highest BCUT2D eigenvalue weighted by Crippen LogP contribution is 2.21. The van der Waals surface area contributed by atoms with Crippen LogP contribution in [0.2, 0.25) is 5.02 Å². The molecule has 0 aliphatic carbocycles. The summed E-state index contributed by atoms with van der Waals surface area (Å²) in [5.74, 6) is 0.854. The van der Waals surface area contributed by atoms with Crippen LogP contribution in [0.1, 0.15) is 12.0 Å². The Bertz CT molecular complexity index is 318. The van der Waals surface area contributed by atoms with Gasteiger partial charge in [-0.2, -0.15) is 0 Å². The standard InChI is InChI=1S/C12H18ClNO2/c1-10-9-11(13)3-4-12(10)16-8-7-15-6-2-5-14/h3-4,9H,2,5-8,14H2,1H3. The molecule has 0 bridgehead atoms. The van der Waals surface area contributed by atoms with Crippen molar-refractivity contribution < 1.29 is 9.47 Å². The summed E-state index contributed by atoms with van der Waals surface area (Å²) in [5.41, 5.74) is 6.38. The lowest BCUT2D eigenvalue weighted by molar-refractivity contribution is 0.0992. The van der Waals surface area contributed by atoms with Crippen LogP contribution < -0.4 is 10.5 Å². The Morgan fingerprint density at radius 2 is 2.06 bits per heavy atom. The number of nitrogens with two attached hydrogens (primary N) is 1. The molecular formula is C12H18ClNO2. The van der Waals surface area contributed by atoms with Crippen LogP contribution in [0.15, 0.2) is 18.2 Å². The third-order valence-corrected chi connectivity index (χ3v) is 2.35. The quantitative estimate of drug-likeness (QED) is 0.748. The van der Waals surface area contributed by atoms with Crippen molar-refractivity contribution in [3.05, 3.63) is 28.8 Å². The molecule has 1 aromatic carbocycles. The average Bonchev–Trinajstić information content (AvgIpc) is 2.26. The summed E-state index contributed by atoms with van der Waals surface area (Å²) in [7, 11) is 0. The van der Waals surface area contributed by atoms with Gasteiger partial charge in [0.2, 0.25) is 0 Å². The maximum absolute atomic E-state index is 5.84. The minimum atomic E-state index is 0.549. The van der Waals surface area contributed by atoms with E-state index >= 15 is 0 Å². The Kier molecular flexibility index (Phi) is 6.23. The minimum Gasteiger partial charge on any atom is -0.491 e. The molecule has 0 saturated carbocycles. The Labute approximate surface area is 101 Å². The summed E-state index contributed by atoms with van der Waals surface area (Å²) in [6, 6.07) is 5.57. The van der Waals surface area contributed by atoms with Gasteiger partial charge in [0.25, 0.3) is 0 Å². The molecular weight excluding hydrogens is 226 g/mol. The third-order valence-electron chi connectivity index (χ3n) is 2.12. The largest absolute Gasteiger partial charge is 0.491 e. The lowest BCUT2D eigenvalue weighted by Crippen LogP contribution is -2.10. The maximum Gasteiger partial charge on any atom is 0.122 e. The van der Waals surface area contributed by atoms with Crippen LogP contribution in [0.4, 0.5) is 0 Å². The molecule has 0 amide bonds. The second kappa shape index (κ2) is 7.49. The van der Waals surface area contributed by atoms with Gasteiger partial charge in [-0.15, -0.1) is 0 Å². The maximum atomic E-state index is 5.84. The molecule has 16 heavy (non-hydrogen) atoms. The van der Waals surface area contributed by atoms with Crippen LogP contribution >= 0.6 is 11.6 Å². The SMILES string of the molecule is Cc1cc(Cl)ccc1OCCOCCCN. The number of hydrogen-bond donors (Lipinski definition) is 1. The first-order valence-corrected chi connectivity index (χ1v) is 5.78. The molecule has 0 spiro atoms. The van der Waals surface area contributed by atoms with E-state index in [2.05, 4.69) is 0 Å². The Morgan fingerprint density at radius 1 is 1.25 bits per heavy atom. The van der Waals surface area contributed by atoms with Gasteiger partial charge in [0, 0.05) is 11.6 Å². The van der Waals surface area contributed by atoms with Gasteiger partial charge >= 0.3 is 0 Å². The molecule has 0 aromatic heterocycles. The molecule has 0 heterocycles. The van der Waals surface area contributed by atoms with Crippen molar-refractivity contribution >= 4 is 11.6 Å². The normalized spacial score (nSPS) is 10.4. The molecule has 1 aromatic rings. The zero-order chi connectivity index (χ0) is 11.8. The molecule has 1 rings (SSSR count). The number of aryl methyl sites for hydroxylation is 1. The third kappa shape index (κ3) is 4.84. The molecule has 2 N–H and O–H groups in total. The van der Waals surface area contributed by atoms with Gasteiger partial charge in [0.1, 0.15) is 12.4 Å². The van der Waals surface area contributed by atoms with Crippen LogP contribution in [0, 0.1) is 6.92 Å². The molecule has 0 unspecified atom stereocenters. The Balaban J connectivity index is 2.21. The molecule has 0 radical (unpaired) electrons. The van der Waals surface area contributed by atoms with Crippen molar-refractivity contribution in [2.45, 2.75) is 13.3 Å². The second-order valence-corrected chi connectivity index (χ2v) is 3.95. The molecule has 0 aliphatic heterocycles. The van der Waals surface area contributed by atoms with Crippen molar-refractivity contribution in [3.8, 4) is 5.75 Å². The van der Waals surface area contributed by atoms with E-state index in [1.807, 2.05) is 25.1 Å². The predicted octanol–water partition coefficient (Wildman–Crippen LogP) is 2.39. The number of ether oxygens (including phenoxy) is 2. The van der Waals surface area contributed by atoms with Gasteiger partial charge in [0.05, 0.1) is 6.61 Å². The summed E-state index contributed by atoms with van der Waals surface area (Å²) in [6.07, 6.45) is 0.889. The van der Waals surface area contributed by atoms with Crippen LogP contribution in [0.5, 0.6) is 5.75 Å². The minimum absolute atomic E-state index is 0.549. The van der Waals surface area contributed by atoms with E-state index in [1.54, 1.807) is 0 Å². The van der Waals surface area contributed by atoms with Gasteiger partial charge in [-0.3, -0.25) is 0 Å². The topological polar surface area (TPSA) is 44.5 Å². The highest BCUT2D eigenvalue weighted by molar-refractivity contribution is 6.30. The van der Waals surface area contributed by atoms with E-state index in [0.717, 1.165) is 22.8 Å². The van der Waals surface area contributed by atoms with E-state index < -0.39 is 0 Å². The monoisotopic (exact) mass is 243 g/mol. The fourth-order valence-electron chi connectivity index (χ4n) is 1.27. The second-order valence-electron chi connectivity index (χ2n) is 3.51. The summed E-state index contributed by atoms with van der Waals surface area (Å²) < 4.78 is 10.9. The summed E-state index contributed by atoms with van der Waals surface area (Å²) in [5, 5.41) is 0.726. The predicted molar refractivity (Wildman–Crippen MR) is 66.2 cm³/mol. The highest BCUT2D eigenvalue weighted by Gasteiger charge is 1.99. The fraction of sp³-hybridized carbons (Fsp3) is 0.500. The Hall–Kier alpha value is -0.770. The van der Waals surface area contributed by atoms with Crippen molar-refractivity contribution in [1.29, 1.82) is 0 Å². The molecule has 3 nitrogen and oxygen atoms in total. The number of hydrogen-bond acceptors (Lipinski definition) is 3. The highest BCUT2D eigenvalue weighted by atomic mass is 35.5. The molecule has 0 atom stereocenters. The van der Waals surface area contributed by atoms with Crippen LogP contribution in [-0.4, -0.2) is 26.4 Å². The summed E-state index contributed by atoms with van der Waals surface area (Å²) in [4.78, 5) is 0. The number of rotatable bonds is 7. The van der Waals surface area contributed by atoms with E-state index in [-0.39, 0.29) is 0 Å². The molecule has 90 valence electrons. The number of benzene rings is 1. The Morgan fingerprint density at radius 3 is 2.75 bits per heavy atom. The molecule has 0 saturated heterocycles. The van der Waals surface area contributed by atoms with E-state index in [1.165, 1.54) is 0 Å². The van der Waals surface area contributed by atoms with E-state index in [9.17, 15) is 0 Å². The van der Waals surface area contributed by atoms with Gasteiger partial charge in [-0.1, -0.05) is 11.6 Å². The first-order valence-electron chi connectivity index (χ1n) is 5.41. The first kappa shape index (κ1) is 13.3. The summed E-state index contributed by atoms with van der Waals surface area (Å²) in [6.45, 7) is 4.46. The van der Waals surface area contributed by atoms with Crippen LogP contribution in [0.3, 0.4) is 0 Å². The lowest BCUT2D eigenvalue weighted by atomic mass is 10.2. The van der Waals surface area contributed by atoms with Gasteiger partial charge in [-0.05, 0) is 43.7 Å². The first-order chi connectivity index (χ1) is 7.74. The van der Waals surface area contributed by atoms with Gasteiger partial charge in [0.15, 0.2) is 0 Å². The molecule has 4 heteroatoms. The van der Waals surface area contributed by atoms with Crippen molar-refractivity contribution in [2.75, 3.05) is 26.4 Å². The smallest absolute Gasteiger partial charge is 0.122 e. The van der Waals surface area contributed by atoms with E-state index in [4.69, 9.17) is 26.8 Å². The zero-order valence-electron chi connectivity index (χ0n) is 9.54. The van der Waals surface area contributed by atoms with Gasteiger partial charge in [-0.25, -0.2) is 0 Å². The van der Waals surface area contributed by atoms with E-state index in [0.29, 0.717) is 26.4 Å². The van der Waals surface area contributed by atoms with Crippen molar-refractivity contribution in [3.63, 3.8) is 0 Å². The number of halogens is 1. The van der Waals surface area contributed by atoms with Crippen molar-refractivity contribution in [2.24, 2.45) is 5.73 Å². The molecule has 0 aliphatic rings. The fourth-order valence-corrected chi connectivity index (χ4v) is 1.50. The van der Waals surface area contributed by atoms with Crippen molar-refractivity contribution in [1.82, 2.24) is 0 Å². The average molecular weight is 244 g/mol.